The van der Waals surface area contributed by atoms with Crippen LogP contribution in [-0.4, -0.2) is 55.1 Å². The molecule has 0 aliphatic carbocycles. The smallest absolute Gasteiger partial charge is 0.166 e. The maximum atomic E-state index is 12.2. The van der Waals surface area contributed by atoms with E-state index in [4.69, 9.17) is 5.73 Å². The first-order valence-corrected chi connectivity index (χ1v) is 10.3. The van der Waals surface area contributed by atoms with Gasteiger partial charge in [-0.05, 0) is 18.3 Å². The molecule has 1 heterocycles. The zero-order valence-electron chi connectivity index (χ0n) is 13.3. The van der Waals surface area contributed by atoms with Gasteiger partial charge in [-0.2, -0.15) is 11.8 Å². The Morgan fingerprint density at radius 1 is 1.40 bits per heavy atom. The lowest BCUT2D eigenvalue weighted by Gasteiger charge is -2.35. The first-order chi connectivity index (χ1) is 9.15. The summed E-state index contributed by atoms with van der Waals surface area (Å²) >= 11 is 1.74. The Kier molecular flexibility index (Phi) is 6.83. The number of nitrogens with two attached hydrogens (primary N) is 1. The maximum absolute atomic E-state index is 12.2. The van der Waals surface area contributed by atoms with E-state index in [9.17, 15) is 8.42 Å². The molecule has 1 aliphatic rings. The highest BCUT2D eigenvalue weighted by atomic mass is 32.2. The number of sulfone groups is 1. The average Bonchev–Trinajstić information content (AvgIpc) is 2.34. The summed E-state index contributed by atoms with van der Waals surface area (Å²) < 4.78 is 24.3. The summed E-state index contributed by atoms with van der Waals surface area (Å²) in [6.45, 7) is 9.95. The van der Waals surface area contributed by atoms with Crippen molar-refractivity contribution in [3.8, 4) is 0 Å². The SMILES string of the molecule is CCS(=O)(=O)C1CSCCN1CCC(N)CC(C)(C)C. The normalized spacial score (nSPS) is 23.8. The number of hydrogen-bond acceptors (Lipinski definition) is 5. The van der Waals surface area contributed by atoms with Crippen LogP contribution >= 0.6 is 11.8 Å². The monoisotopic (exact) mass is 322 g/mol. The largest absolute Gasteiger partial charge is 0.328 e. The topological polar surface area (TPSA) is 63.4 Å². The molecule has 6 heteroatoms. The van der Waals surface area contributed by atoms with Crippen molar-refractivity contribution < 1.29 is 8.42 Å². The van der Waals surface area contributed by atoms with Gasteiger partial charge in [-0.3, -0.25) is 4.90 Å². The van der Waals surface area contributed by atoms with Gasteiger partial charge in [0.25, 0.3) is 0 Å². The Balaban J connectivity index is 2.56. The molecule has 0 spiro atoms. The van der Waals surface area contributed by atoms with Crippen molar-refractivity contribution in [2.24, 2.45) is 11.1 Å². The number of thioether (sulfide) groups is 1. The van der Waals surface area contributed by atoms with Gasteiger partial charge in [0.2, 0.25) is 0 Å². The summed E-state index contributed by atoms with van der Waals surface area (Å²) in [5.74, 6) is 1.94. The van der Waals surface area contributed by atoms with E-state index in [-0.39, 0.29) is 22.6 Å². The van der Waals surface area contributed by atoms with Crippen LogP contribution < -0.4 is 5.73 Å². The van der Waals surface area contributed by atoms with E-state index < -0.39 is 9.84 Å². The molecule has 0 aromatic carbocycles. The fourth-order valence-electron chi connectivity index (χ4n) is 2.61. The fraction of sp³-hybridized carbons (Fsp3) is 1.00. The van der Waals surface area contributed by atoms with E-state index in [2.05, 4.69) is 25.7 Å². The molecule has 1 fully saturated rings. The zero-order valence-corrected chi connectivity index (χ0v) is 14.9. The molecular weight excluding hydrogens is 292 g/mol. The second kappa shape index (κ2) is 7.47. The van der Waals surface area contributed by atoms with Crippen molar-refractivity contribution in [3.63, 3.8) is 0 Å². The second-order valence-corrected chi connectivity index (χ2v) is 10.4. The van der Waals surface area contributed by atoms with Crippen LogP contribution in [0.15, 0.2) is 0 Å². The standard InChI is InChI=1S/C14H30N2O2S2/c1-5-20(17,18)13-11-19-9-8-16(13)7-6-12(15)10-14(2,3)4/h12-13H,5-11,15H2,1-4H3. The van der Waals surface area contributed by atoms with E-state index in [1.54, 1.807) is 18.7 Å². The summed E-state index contributed by atoms with van der Waals surface area (Å²) in [6, 6.07) is 0.148. The lowest BCUT2D eigenvalue weighted by molar-refractivity contribution is 0.243. The molecule has 20 heavy (non-hydrogen) atoms. The highest BCUT2D eigenvalue weighted by molar-refractivity contribution is 8.01. The van der Waals surface area contributed by atoms with Crippen molar-refractivity contribution in [2.75, 3.05) is 30.3 Å². The molecule has 0 aromatic rings. The van der Waals surface area contributed by atoms with E-state index in [0.717, 1.165) is 31.7 Å². The van der Waals surface area contributed by atoms with Crippen molar-refractivity contribution >= 4 is 21.6 Å². The lowest BCUT2D eigenvalue weighted by atomic mass is 9.87. The van der Waals surface area contributed by atoms with Gasteiger partial charge in [-0.25, -0.2) is 8.42 Å². The van der Waals surface area contributed by atoms with Gasteiger partial charge in [0.05, 0.1) is 0 Å². The van der Waals surface area contributed by atoms with Crippen molar-refractivity contribution in [3.05, 3.63) is 0 Å². The zero-order chi connectivity index (χ0) is 15.4. The molecule has 0 amide bonds. The Hall–Kier alpha value is 0.220. The molecule has 4 nitrogen and oxygen atoms in total. The predicted molar refractivity (Wildman–Crippen MR) is 88.8 cm³/mol. The molecule has 2 unspecified atom stereocenters. The molecule has 0 saturated carbocycles. The van der Waals surface area contributed by atoms with Crippen LogP contribution in [0.3, 0.4) is 0 Å². The van der Waals surface area contributed by atoms with Crippen molar-refractivity contribution in [1.29, 1.82) is 0 Å². The molecule has 1 rings (SSSR count). The summed E-state index contributed by atoms with van der Waals surface area (Å²) in [5, 5.41) is -0.312. The third-order valence-corrected chi connectivity index (χ3v) is 7.00. The Bertz CT molecular complexity index is 390. The van der Waals surface area contributed by atoms with Crippen molar-refractivity contribution in [1.82, 2.24) is 4.90 Å². The second-order valence-electron chi connectivity index (χ2n) is 6.83. The van der Waals surface area contributed by atoms with Crippen LogP contribution in [0.5, 0.6) is 0 Å². The van der Waals surface area contributed by atoms with E-state index in [0.29, 0.717) is 5.75 Å². The molecule has 2 N–H and O–H groups in total. The molecule has 1 saturated heterocycles. The van der Waals surface area contributed by atoms with Crippen LogP contribution in [0.25, 0.3) is 0 Å². The van der Waals surface area contributed by atoms with Gasteiger partial charge in [0, 0.05) is 36.4 Å². The van der Waals surface area contributed by atoms with E-state index in [1.165, 1.54) is 0 Å². The lowest BCUT2D eigenvalue weighted by Crippen LogP contribution is -2.49. The highest BCUT2D eigenvalue weighted by Crippen LogP contribution is 2.24. The Labute approximate surface area is 128 Å². The van der Waals surface area contributed by atoms with Crippen LogP contribution in [0.4, 0.5) is 0 Å². The molecule has 0 radical (unpaired) electrons. The van der Waals surface area contributed by atoms with Crippen molar-refractivity contribution in [2.45, 2.75) is 52.0 Å². The van der Waals surface area contributed by atoms with Crippen LogP contribution in [0, 0.1) is 5.41 Å². The Morgan fingerprint density at radius 2 is 2.05 bits per heavy atom. The number of rotatable bonds is 6. The van der Waals surface area contributed by atoms with Gasteiger partial charge in [0.1, 0.15) is 5.37 Å². The van der Waals surface area contributed by atoms with Crippen LogP contribution in [0.1, 0.15) is 40.5 Å². The molecule has 120 valence electrons. The predicted octanol–water partition coefficient (Wildman–Crippen LogP) is 1.95. The molecule has 1 aliphatic heterocycles. The quantitative estimate of drug-likeness (QED) is 0.810. The third-order valence-electron chi connectivity index (χ3n) is 3.67. The molecule has 0 aromatic heterocycles. The highest BCUT2D eigenvalue weighted by Gasteiger charge is 2.32. The molecule has 0 bridgehead atoms. The van der Waals surface area contributed by atoms with Gasteiger partial charge < -0.3 is 5.73 Å². The van der Waals surface area contributed by atoms with Gasteiger partial charge >= 0.3 is 0 Å². The van der Waals surface area contributed by atoms with Gasteiger partial charge in [0.15, 0.2) is 9.84 Å². The van der Waals surface area contributed by atoms with Gasteiger partial charge in [-0.15, -0.1) is 0 Å². The molecular formula is C14H30N2O2S2. The fourth-order valence-corrected chi connectivity index (χ4v) is 5.73. The minimum atomic E-state index is -2.99. The van der Waals surface area contributed by atoms with Gasteiger partial charge in [-0.1, -0.05) is 27.7 Å². The minimum Gasteiger partial charge on any atom is -0.328 e. The van der Waals surface area contributed by atoms with Crippen LogP contribution in [0.2, 0.25) is 0 Å². The summed E-state index contributed by atoms with van der Waals surface area (Å²) in [7, 11) is -2.99. The average molecular weight is 323 g/mol. The number of hydrogen-bond donors (Lipinski definition) is 1. The minimum absolute atomic E-state index is 0.148. The maximum Gasteiger partial charge on any atom is 0.166 e. The molecule has 2 atom stereocenters. The van der Waals surface area contributed by atoms with Crippen LogP contribution in [-0.2, 0) is 9.84 Å². The van der Waals surface area contributed by atoms with E-state index in [1.807, 2.05) is 0 Å². The van der Waals surface area contributed by atoms with E-state index >= 15 is 0 Å². The summed E-state index contributed by atoms with van der Waals surface area (Å²) in [5.41, 5.74) is 6.41. The summed E-state index contributed by atoms with van der Waals surface area (Å²) in [4.78, 5) is 2.12. The summed E-state index contributed by atoms with van der Waals surface area (Å²) in [6.07, 6.45) is 1.85. The third kappa shape index (κ3) is 5.92. The Morgan fingerprint density at radius 3 is 2.60 bits per heavy atom. The first kappa shape index (κ1) is 18.3. The number of nitrogens with zero attached hydrogens (tertiary/aromatic N) is 1. The first-order valence-electron chi connectivity index (χ1n) is 7.44.